The number of ether oxygens (including phenoxy) is 3. The molecule has 14 heteroatoms. The monoisotopic (exact) mass is 628 g/mol. The van der Waals surface area contributed by atoms with Crippen molar-refractivity contribution in [2.45, 2.75) is 6.54 Å². The molecule has 4 heterocycles. The van der Waals surface area contributed by atoms with Gasteiger partial charge in [-0.1, -0.05) is 41.4 Å². The van der Waals surface area contributed by atoms with Crippen LogP contribution in [0.2, 0.25) is 10.0 Å². The van der Waals surface area contributed by atoms with Gasteiger partial charge in [0.1, 0.15) is 5.75 Å². The molecule has 3 aliphatic rings. The Morgan fingerprint density at radius 2 is 1.40 bits per heavy atom. The Kier molecular flexibility index (Phi) is 8.77. The van der Waals surface area contributed by atoms with E-state index < -0.39 is 5.91 Å². The van der Waals surface area contributed by atoms with Crippen LogP contribution in [0.5, 0.6) is 11.8 Å². The quantitative estimate of drug-likeness (QED) is 0.334. The van der Waals surface area contributed by atoms with Gasteiger partial charge in [-0.3, -0.25) is 14.5 Å². The summed E-state index contributed by atoms with van der Waals surface area (Å²) >= 11 is 13.4. The second-order valence-corrected chi connectivity index (χ2v) is 11.4. The van der Waals surface area contributed by atoms with E-state index in [1.165, 1.54) is 0 Å². The van der Waals surface area contributed by atoms with E-state index in [0.29, 0.717) is 90.8 Å². The highest BCUT2D eigenvalue weighted by Gasteiger charge is 2.35. The Morgan fingerprint density at radius 1 is 0.833 bits per heavy atom. The van der Waals surface area contributed by atoms with E-state index in [0.717, 1.165) is 22.2 Å². The van der Waals surface area contributed by atoms with Gasteiger partial charge >= 0.3 is 6.01 Å². The average molecular weight is 630 g/mol. The van der Waals surface area contributed by atoms with Crippen LogP contribution in [0.25, 0.3) is 6.08 Å². The fourth-order valence-electron chi connectivity index (χ4n) is 4.56. The highest BCUT2D eigenvalue weighted by molar-refractivity contribution is 8.18. The number of benzene rings is 2. The fourth-order valence-corrected chi connectivity index (χ4v) is 5.91. The molecule has 42 heavy (non-hydrogen) atoms. The fraction of sp³-hybridized carbons (Fsp3) is 0.321. The van der Waals surface area contributed by atoms with Gasteiger partial charge in [-0.2, -0.15) is 15.0 Å². The lowest BCUT2D eigenvalue weighted by Crippen LogP contribution is -2.40. The maximum absolute atomic E-state index is 13.0. The van der Waals surface area contributed by atoms with Crippen molar-refractivity contribution in [3.8, 4) is 11.8 Å². The maximum atomic E-state index is 13.0. The first-order valence-corrected chi connectivity index (χ1v) is 14.9. The van der Waals surface area contributed by atoms with Crippen LogP contribution in [-0.2, 0) is 20.8 Å². The van der Waals surface area contributed by atoms with Crippen molar-refractivity contribution < 1.29 is 23.8 Å². The predicted octanol–water partition coefficient (Wildman–Crippen LogP) is 4.88. The summed E-state index contributed by atoms with van der Waals surface area (Å²) in [5, 5.41) is 0.408. The molecule has 2 aromatic carbocycles. The third-order valence-corrected chi connectivity index (χ3v) is 8.43. The third-order valence-electron chi connectivity index (χ3n) is 6.82. The van der Waals surface area contributed by atoms with Gasteiger partial charge in [0, 0.05) is 41.8 Å². The summed E-state index contributed by atoms with van der Waals surface area (Å²) in [6, 6.07) is 12.3. The predicted molar refractivity (Wildman–Crippen MR) is 160 cm³/mol. The topological polar surface area (TPSA) is 110 Å². The van der Waals surface area contributed by atoms with E-state index in [4.69, 9.17) is 42.4 Å². The number of hydrogen-bond acceptors (Lipinski definition) is 11. The van der Waals surface area contributed by atoms with Crippen molar-refractivity contribution in [1.82, 2.24) is 19.9 Å². The minimum absolute atomic E-state index is 0.00188. The smallest absolute Gasteiger partial charge is 0.328 e. The van der Waals surface area contributed by atoms with Gasteiger partial charge in [0.2, 0.25) is 11.9 Å². The molecule has 1 aromatic heterocycles. The summed E-state index contributed by atoms with van der Waals surface area (Å²) < 4.78 is 17.0. The lowest BCUT2D eigenvalue weighted by atomic mass is 10.2. The standard InChI is InChI=1S/C28H26Cl2N6O5S/c29-21-2-1-3-22(30)20(21)17-36-24(37)23(42-28(36)38)16-18-4-6-19(7-5-18)41-27-32-25(34-8-12-39-13-9-34)31-26(33-27)35-10-14-40-15-11-35/h1-7,16H,8-15,17H2/b23-16-. The molecular formula is C28H26Cl2N6O5S. The number of thioether (sulfide) groups is 1. The second-order valence-electron chi connectivity index (χ2n) is 9.56. The van der Waals surface area contributed by atoms with Crippen molar-refractivity contribution in [1.29, 1.82) is 0 Å². The van der Waals surface area contributed by atoms with Crippen LogP contribution in [0.1, 0.15) is 11.1 Å². The van der Waals surface area contributed by atoms with Gasteiger partial charge in [0.25, 0.3) is 11.1 Å². The molecule has 0 spiro atoms. The van der Waals surface area contributed by atoms with Crippen LogP contribution in [0.15, 0.2) is 47.4 Å². The highest BCUT2D eigenvalue weighted by Crippen LogP contribution is 2.36. The van der Waals surface area contributed by atoms with Crippen molar-refractivity contribution in [3.63, 3.8) is 0 Å². The van der Waals surface area contributed by atoms with Gasteiger partial charge in [-0.25, -0.2) is 0 Å². The van der Waals surface area contributed by atoms with E-state index in [2.05, 4.69) is 19.8 Å². The molecule has 3 aromatic rings. The summed E-state index contributed by atoms with van der Waals surface area (Å²) in [5.41, 5.74) is 1.25. The number of halogens is 2. The zero-order valence-corrected chi connectivity index (χ0v) is 24.7. The number of rotatable bonds is 7. The van der Waals surface area contributed by atoms with Crippen molar-refractivity contribution in [2.24, 2.45) is 0 Å². The van der Waals surface area contributed by atoms with Crippen molar-refractivity contribution in [3.05, 3.63) is 68.5 Å². The summed E-state index contributed by atoms with van der Waals surface area (Å²) in [4.78, 5) is 45.1. The first-order chi connectivity index (χ1) is 20.4. The Bertz CT molecular complexity index is 1460. The molecule has 0 N–H and O–H groups in total. The number of carbonyl (C=O) groups is 2. The first kappa shape index (κ1) is 28.7. The Balaban J connectivity index is 1.18. The molecule has 0 aliphatic carbocycles. The van der Waals surface area contributed by atoms with Crippen molar-refractivity contribution >= 4 is 64.1 Å². The van der Waals surface area contributed by atoms with Crippen LogP contribution < -0.4 is 14.5 Å². The lowest BCUT2D eigenvalue weighted by Gasteiger charge is -2.30. The minimum atomic E-state index is -0.405. The number of imide groups is 1. The maximum Gasteiger partial charge on any atom is 0.328 e. The zero-order chi connectivity index (χ0) is 29.1. The van der Waals surface area contributed by atoms with Crippen LogP contribution in [0, 0.1) is 0 Å². The minimum Gasteiger partial charge on any atom is -0.424 e. The molecule has 2 amide bonds. The van der Waals surface area contributed by atoms with Crippen LogP contribution in [0.3, 0.4) is 0 Å². The molecule has 0 atom stereocenters. The molecule has 0 unspecified atom stereocenters. The lowest BCUT2D eigenvalue weighted by molar-refractivity contribution is -0.123. The molecule has 6 rings (SSSR count). The highest BCUT2D eigenvalue weighted by atomic mass is 35.5. The Labute approximate surface area is 256 Å². The number of hydrogen-bond donors (Lipinski definition) is 0. The van der Waals surface area contributed by atoms with Gasteiger partial charge in [0.05, 0.1) is 37.9 Å². The summed E-state index contributed by atoms with van der Waals surface area (Å²) in [6.45, 7) is 5.11. The number of aromatic nitrogens is 3. The Morgan fingerprint density at radius 3 is 1.98 bits per heavy atom. The molecule has 11 nitrogen and oxygen atoms in total. The molecule has 3 fully saturated rings. The summed E-state index contributed by atoms with van der Waals surface area (Å²) in [5.74, 6) is 1.18. The molecule has 0 bridgehead atoms. The van der Waals surface area contributed by atoms with Crippen molar-refractivity contribution in [2.75, 3.05) is 62.4 Å². The SMILES string of the molecule is O=C1S/C(=C\c2ccc(Oc3nc(N4CCOCC4)nc(N4CCOCC4)n3)cc2)C(=O)N1Cc1c(Cl)cccc1Cl. The third kappa shape index (κ3) is 6.47. The normalized spacial score (nSPS) is 18.7. The van der Waals surface area contributed by atoms with Gasteiger partial charge in [-0.15, -0.1) is 0 Å². The largest absolute Gasteiger partial charge is 0.424 e. The molecule has 0 radical (unpaired) electrons. The van der Waals surface area contributed by atoms with Crippen LogP contribution >= 0.6 is 35.0 Å². The number of morpholine rings is 2. The summed E-state index contributed by atoms with van der Waals surface area (Å²) in [6.07, 6.45) is 1.67. The van der Waals surface area contributed by atoms with E-state index in [-0.39, 0.29) is 17.8 Å². The van der Waals surface area contributed by atoms with Crippen LogP contribution in [0.4, 0.5) is 16.7 Å². The average Bonchev–Trinajstić information content (AvgIpc) is 3.27. The van der Waals surface area contributed by atoms with E-state index in [1.54, 1.807) is 48.5 Å². The molecular weight excluding hydrogens is 603 g/mol. The number of nitrogens with zero attached hydrogens (tertiary/aromatic N) is 6. The zero-order valence-electron chi connectivity index (χ0n) is 22.4. The second kappa shape index (κ2) is 12.8. The van der Waals surface area contributed by atoms with Crippen LogP contribution in [-0.4, -0.2) is 83.6 Å². The van der Waals surface area contributed by atoms with Gasteiger partial charge in [0.15, 0.2) is 0 Å². The number of carbonyl (C=O) groups excluding carboxylic acids is 2. The molecule has 0 saturated carbocycles. The molecule has 218 valence electrons. The number of anilines is 2. The van der Waals surface area contributed by atoms with Gasteiger partial charge in [-0.05, 0) is 47.7 Å². The molecule has 3 aliphatic heterocycles. The number of amides is 2. The molecule has 3 saturated heterocycles. The van der Waals surface area contributed by atoms with E-state index >= 15 is 0 Å². The van der Waals surface area contributed by atoms with E-state index in [1.807, 2.05) is 0 Å². The first-order valence-electron chi connectivity index (χ1n) is 13.3. The van der Waals surface area contributed by atoms with Gasteiger partial charge < -0.3 is 24.0 Å². The Hall–Kier alpha value is -3.42. The van der Waals surface area contributed by atoms with E-state index in [9.17, 15) is 9.59 Å². The summed E-state index contributed by atoms with van der Waals surface area (Å²) in [7, 11) is 0.